The zero-order valence-corrected chi connectivity index (χ0v) is 12.6. The topological polar surface area (TPSA) is 33.1 Å². The Bertz CT molecular complexity index is 364. The molecule has 1 saturated carbocycles. The molecule has 0 aliphatic heterocycles. The average Bonchev–Trinajstić information content (AvgIpc) is 2.82. The summed E-state index contributed by atoms with van der Waals surface area (Å²) in [5, 5.41) is 10.7. The molecular formula is C15H25NOS. The van der Waals surface area contributed by atoms with Crippen LogP contribution >= 0.6 is 11.3 Å². The van der Waals surface area contributed by atoms with Crippen molar-refractivity contribution in [2.75, 3.05) is 0 Å². The maximum Gasteiger partial charge on any atom is 0.0794 e. The minimum atomic E-state index is -0.479. The maximum absolute atomic E-state index is 10.7. The fourth-order valence-electron chi connectivity index (χ4n) is 3.06. The summed E-state index contributed by atoms with van der Waals surface area (Å²) in [6.45, 7) is 7.01. The van der Waals surface area contributed by atoms with Crippen LogP contribution in [0.5, 0.6) is 0 Å². The number of aromatic nitrogens is 1. The third-order valence-corrected chi connectivity index (χ3v) is 5.70. The second kappa shape index (κ2) is 5.30. The van der Waals surface area contributed by atoms with Crippen LogP contribution in [0.3, 0.4) is 0 Å². The molecule has 0 unspecified atom stereocenters. The number of rotatable bonds is 4. The van der Waals surface area contributed by atoms with Crippen LogP contribution in [0.2, 0.25) is 0 Å². The Morgan fingerprint density at radius 3 is 2.61 bits per heavy atom. The molecule has 1 aromatic rings. The summed E-state index contributed by atoms with van der Waals surface area (Å²) in [6, 6.07) is 0. The molecule has 0 radical (unpaired) electrons. The Balaban J connectivity index is 1.93. The molecule has 1 aliphatic rings. The van der Waals surface area contributed by atoms with Crippen LogP contribution in [0.25, 0.3) is 0 Å². The molecule has 1 aliphatic carbocycles. The Morgan fingerprint density at radius 1 is 1.44 bits per heavy atom. The van der Waals surface area contributed by atoms with Crippen molar-refractivity contribution in [1.29, 1.82) is 0 Å². The summed E-state index contributed by atoms with van der Waals surface area (Å²) >= 11 is 1.65. The second-order valence-electron chi connectivity index (χ2n) is 6.49. The van der Waals surface area contributed by atoms with Crippen LogP contribution in [0, 0.1) is 11.3 Å². The molecule has 1 aromatic heterocycles. The van der Waals surface area contributed by atoms with E-state index in [-0.39, 0.29) is 0 Å². The molecule has 3 heteroatoms. The molecule has 0 saturated heterocycles. The van der Waals surface area contributed by atoms with Crippen LogP contribution in [0.15, 0.2) is 11.7 Å². The van der Waals surface area contributed by atoms with Gasteiger partial charge in [0.1, 0.15) is 0 Å². The lowest BCUT2D eigenvalue weighted by molar-refractivity contribution is -0.0271. The first-order valence-corrected chi connectivity index (χ1v) is 7.93. The first-order valence-electron chi connectivity index (χ1n) is 7.05. The van der Waals surface area contributed by atoms with Crippen LogP contribution in [0.4, 0.5) is 0 Å². The van der Waals surface area contributed by atoms with Crippen LogP contribution < -0.4 is 0 Å². The molecule has 0 spiro atoms. The van der Waals surface area contributed by atoms with Gasteiger partial charge >= 0.3 is 0 Å². The molecule has 1 heterocycles. The molecule has 2 rings (SSSR count). The van der Waals surface area contributed by atoms with E-state index < -0.39 is 5.60 Å². The fourth-order valence-corrected chi connectivity index (χ4v) is 3.79. The summed E-state index contributed by atoms with van der Waals surface area (Å²) in [5.74, 6) is 0.768. The van der Waals surface area contributed by atoms with Gasteiger partial charge in [0.25, 0.3) is 0 Å². The highest BCUT2D eigenvalue weighted by Crippen LogP contribution is 2.44. The molecule has 1 N–H and O–H groups in total. The summed E-state index contributed by atoms with van der Waals surface area (Å²) < 4.78 is 0. The number of hydrogen-bond acceptors (Lipinski definition) is 3. The van der Waals surface area contributed by atoms with E-state index in [1.54, 1.807) is 11.3 Å². The van der Waals surface area contributed by atoms with Crippen molar-refractivity contribution in [2.45, 2.75) is 64.9 Å². The predicted molar refractivity (Wildman–Crippen MR) is 76.8 cm³/mol. The van der Waals surface area contributed by atoms with Crippen LogP contribution in [0.1, 0.15) is 57.8 Å². The van der Waals surface area contributed by atoms with E-state index in [2.05, 4.69) is 25.8 Å². The van der Waals surface area contributed by atoms with Gasteiger partial charge in [0.05, 0.1) is 11.1 Å². The molecule has 0 aromatic carbocycles. The van der Waals surface area contributed by atoms with Crippen molar-refractivity contribution < 1.29 is 5.11 Å². The Morgan fingerprint density at radius 2 is 2.11 bits per heavy atom. The Kier molecular flexibility index (Phi) is 4.12. The predicted octanol–water partition coefficient (Wildman–Crippen LogP) is 4.04. The Labute approximate surface area is 114 Å². The van der Waals surface area contributed by atoms with Gasteiger partial charge in [-0.3, -0.25) is 4.98 Å². The molecule has 0 atom stereocenters. The molecule has 1 fully saturated rings. The van der Waals surface area contributed by atoms with Gasteiger partial charge in [-0.25, -0.2) is 0 Å². The minimum absolute atomic E-state index is 0.422. The first-order chi connectivity index (χ1) is 8.45. The monoisotopic (exact) mass is 267 g/mol. The van der Waals surface area contributed by atoms with Gasteiger partial charge in [0, 0.05) is 17.5 Å². The molecule has 18 heavy (non-hydrogen) atoms. The zero-order valence-electron chi connectivity index (χ0n) is 11.8. The largest absolute Gasteiger partial charge is 0.390 e. The van der Waals surface area contributed by atoms with E-state index in [1.165, 1.54) is 11.3 Å². The molecule has 2 nitrogen and oxygen atoms in total. The summed E-state index contributed by atoms with van der Waals surface area (Å²) in [4.78, 5) is 5.31. The van der Waals surface area contributed by atoms with Crippen LogP contribution in [-0.4, -0.2) is 15.7 Å². The number of thiazole rings is 1. The van der Waals surface area contributed by atoms with Gasteiger partial charge in [0.2, 0.25) is 0 Å². The smallest absolute Gasteiger partial charge is 0.0794 e. The highest BCUT2D eigenvalue weighted by atomic mass is 32.1. The quantitative estimate of drug-likeness (QED) is 0.893. The van der Waals surface area contributed by atoms with Crippen molar-refractivity contribution in [3.63, 3.8) is 0 Å². The van der Waals surface area contributed by atoms with E-state index in [9.17, 15) is 5.11 Å². The second-order valence-corrected chi connectivity index (χ2v) is 7.46. The minimum Gasteiger partial charge on any atom is -0.390 e. The van der Waals surface area contributed by atoms with Gasteiger partial charge in [-0.2, -0.15) is 0 Å². The lowest BCUT2D eigenvalue weighted by atomic mass is 9.66. The summed E-state index contributed by atoms with van der Waals surface area (Å²) in [5.41, 5.74) is 1.79. The molecule has 0 amide bonds. The van der Waals surface area contributed by atoms with E-state index in [0.717, 1.165) is 38.0 Å². The van der Waals surface area contributed by atoms with E-state index in [1.807, 2.05) is 11.7 Å². The average molecular weight is 267 g/mol. The third-order valence-electron chi connectivity index (χ3n) is 4.92. The van der Waals surface area contributed by atoms with Crippen molar-refractivity contribution >= 4 is 11.3 Å². The standard InChI is InChI=1S/C15H25NOS/c1-4-14(2,3)12-5-7-15(17,8-6-12)9-13-10-16-11-18-13/h10-12,17H,4-9H2,1-3H3. The maximum atomic E-state index is 10.7. The fraction of sp³-hybridized carbons (Fsp3) is 0.800. The number of hydrogen-bond donors (Lipinski definition) is 1. The van der Waals surface area contributed by atoms with Crippen molar-refractivity contribution in [3.05, 3.63) is 16.6 Å². The van der Waals surface area contributed by atoms with Crippen molar-refractivity contribution in [2.24, 2.45) is 11.3 Å². The van der Waals surface area contributed by atoms with E-state index in [0.29, 0.717) is 5.41 Å². The van der Waals surface area contributed by atoms with Gasteiger partial charge < -0.3 is 5.11 Å². The highest BCUT2D eigenvalue weighted by Gasteiger charge is 2.38. The summed E-state index contributed by atoms with van der Waals surface area (Å²) in [6.07, 6.45) is 8.12. The van der Waals surface area contributed by atoms with Gasteiger partial charge in [-0.05, 0) is 37.0 Å². The lowest BCUT2D eigenvalue weighted by Crippen LogP contribution is -2.39. The number of aliphatic hydroxyl groups is 1. The van der Waals surface area contributed by atoms with Gasteiger partial charge in [-0.1, -0.05) is 27.2 Å². The zero-order chi connectivity index (χ0) is 13.2. The first kappa shape index (κ1) is 14.0. The van der Waals surface area contributed by atoms with Crippen LogP contribution in [-0.2, 0) is 6.42 Å². The molecule has 0 bridgehead atoms. The van der Waals surface area contributed by atoms with Gasteiger partial charge in [-0.15, -0.1) is 11.3 Å². The third kappa shape index (κ3) is 3.12. The highest BCUT2D eigenvalue weighted by molar-refractivity contribution is 7.09. The van der Waals surface area contributed by atoms with Gasteiger partial charge in [0.15, 0.2) is 0 Å². The van der Waals surface area contributed by atoms with E-state index >= 15 is 0 Å². The lowest BCUT2D eigenvalue weighted by Gasteiger charge is -2.42. The molecule has 102 valence electrons. The Hall–Kier alpha value is -0.410. The SMILES string of the molecule is CCC(C)(C)C1CCC(O)(Cc2cncs2)CC1. The molecular weight excluding hydrogens is 242 g/mol. The normalized spacial score (nSPS) is 29.4. The van der Waals surface area contributed by atoms with E-state index in [4.69, 9.17) is 0 Å². The number of nitrogens with zero attached hydrogens (tertiary/aromatic N) is 1. The summed E-state index contributed by atoms with van der Waals surface area (Å²) in [7, 11) is 0. The van der Waals surface area contributed by atoms with Crippen molar-refractivity contribution in [3.8, 4) is 0 Å². The van der Waals surface area contributed by atoms with Crippen molar-refractivity contribution in [1.82, 2.24) is 4.98 Å².